The van der Waals surface area contributed by atoms with E-state index in [4.69, 9.17) is 16.3 Å². The van der Waals surface area contributed by atoms with Crippen LogP contribution in [0.5, 0.6) is 0 Å². The molecule has 0 saturated carbocycles. The molecule has 0 aliphatic carbocycles. The third kappa shape index (κ3) is 6.98. The Morgan fingerprint density at radius 3 is 2.57 bits per heavy atom. The van der Waals surface area contributed by atoms with Crippen LogP contribution in [-0.2, 0) is 9.53 Å². The first kappa shape index (κ1) is 27.0. The van der Waals surface area contributed by atoms with Gasteiger partial charge in [-0.1, -0.05) is 27.5 Å². The number of pyridine rings is 1. The highest BCUT2D eigenvalue weighted by molar-refractivity contribution is 9.10. The topological polar surface area (TPSA) is 68.3 Å². The van der Waals surface area contributed by atoms with Gasteiger partial charge in [-0.15, -0.1) is 0 Å². The smallest absolute Gasteiger partial charge is 0.306 e. The largest absolute Gasteiger partial charge is 0.460 e. The number of amides is 1. The van der Waals surface area contributed by atoms with Gasteiger partial charge in [0.1, 0.15) is 22.4 Å². The summed E-state index contributed by atoms with van der Waals surface area (Å²) in [5.41, 5.74) is 0.791. The number of benzene rings is 2. The zero-order valence-electron chi connectivity index (χ0n) is 19.8. The summed E-state index contributed by atoms with van der Waals surface area (Å²) >= 11 is 9.67. The Morgan fingerprint density at radius 1 is 1.17 bits per heavy atom. The summed E-state index contributed by atoms with van der Waals surface area (Å²) in [6, 6.07) is 8.45. The quantitative estimate of drug-likeness (QED) is 0.250. The molecule has 1 aromatic heterocycles. The number of halogens is 4. The van der Waals surface area contributed by atoms with Gasteiger partial charge < -0.3 is 10.1 Å². The molecule has 0 spiro atoms. The highest BCUT2D eigenvalue weighted by atomic mass is 79.9. The van der Waals surface area contributed by atoms with Crippen molar-refractivity contribution >= 4 is 50.3 Å². The number of hydrogen-bond donors (Lipinski definition) is 1. The summed E-state index contributed by atoms with van der Waals surface area (Å²) in [4.78, 5) is 29.9. The van der Waals surface area contributed by atoms with Gasteiger partial charge in [-0.05, 0) is 81.6 Å². The van der Waals surface area contributed by atoms with Crippen LogP contribution in [0.3, 0.4) is 0 Å². The van der Waals surface area contributed by atoms with E-state index in [2.05, 4.69) is 26.2 Å². The van der Waals surface area contributed by atoms with Crippen LogP contribution in [0.15, 0.2) is 40.9 Å². The van der Waals surface area contributed by atoms with Crippen molar-refractivity contribution in [3.8, 4) is 0 Å². The predicted octanol–water partition coefficient (Wildman–Crippen LogP) is 6.87. The van der Waals surface area contributed by atoms with E-state index in [-0.39, 0.29) is 30.1 Å². The lowest BCUT2D eigenvalue weighted by Gasteiger charge is -2.22. The third-order valence-corrected chi connectivity index (χ3v) is 6.24. The zero-order valence-corrected chi connectivity index (χ0v) is 22.2. The van der Waals surface area contributed by atoms with Gasteiger partial charge in [0.25, 0.3) is 5.91 Å². The minimum atomic E-state index is -0.669. The number of nitrogens with one attached hydrogen (secondary N) is 1. The predicted molar refractivity (Wildman–Crippen MR) is 136 cm³/mol. The number of hydrogen-bond acceptors (Lipinski definition) is 4. The molecule has 3 aromatic rings. The van der Waals surface area contributed by atoms with Crippen LogP contribution in [0.4, 0.5) is 8.78 Å². The van der Waals surface area contributed by atoms with E-state index in [9.17, 15) is 18.4 Å². The van der Waals surface area contributed by atoms with Gasteiger partial charge in [-0.3, -0.25) is 9.59 Å². The molecule has 1 atom stereocenters. The molecule has 2 aromatic carbocycles. The normalized spacial score (nSPS) is 12.5. The molecule has 3 rings (SSSR count). The molecule has 9 heteroatoms. The highest BCUT2D eigenvalue weighted by Gasteiger charge is 2.24. The molecule has 1 unspecified atom stereocenters. The van der Waals surface area contributed by atoms with E-state index in [0.29, 0.717) is 22.0 Å². The molecule has 0 bridgehead atoms. The Bertz CT molecular complexity index is 1280. The minimum absolute atomic E-state index is 0.0241. The Labute approximate surface area is 216 Å². The standard InChI is InChI=1S/C26H26BrClF2N2O3/c1-14-23(19-11-16(27)6-9-21(19)32-24(14)28)25(34)31-13-15(5-10-22(33)35-26(2,3)4)18-12-17(29)7-8-20(18)30/h6-9,11-12,15H,5,10,13H2,1-4H3,(H,31,34). The number of esters is 1. The zero-order chi connectivity index (χ0) is 25.9. The average Bonchev–Trinajstić information content (AvgIpc) is 2.75. The molecule has 1 amide bonds. The maximum Gasteiger partial charge on any atom is 0.306 e. The molecule has 0 radical (unpaired) electrons. The van der Waals surface area contributed by atoms with Crippen LogP contribution < -0.4 is 5.32 Å². The first-order chi connectivity index (χ1) is 16.4. The first-order valence-electron chi connectivity index (χ1n) is 11.1. The second-order valence-electron chi connectivity index (χ2n) is 9.26. The van der Waals surface area contributed by atoms with Crippen molar-refractivity contribution in [2.24, 2.45) is 0 Å². The molecule has 0 aliphatic heterocycles. The van der Waals surface area contributed by atoms with Gasteiger partial charge in [0.15, 0.2) is 0 Å². The van der Waals surface area contributed by atoms with Gasteiger partial charge in [-0.2, -0.15) is 0 Å². The number of fused-ring (bicyclic) bond motifs is 1. The molecular weight excluding hydrogens is 542 g/mol. The summed E-state index contributed by atoms with van der Waals surface area (Å²) in [5.74, 6) is -2.79. The lowest BCUT2D eigenvalue weighted by atomic mass is 9.93. The van der Waals surface area contributed by atoms with Crippen molar-refractivity contribution in [2.45, 2.75) is 52.1 Å². The van der Waals surface area contributed by atoms with Gasteiger partial charge in [0.05, 0.1) is 11.1 Å². The van der Waals surface area contributed by atoms with Crippen molar-refractivity contribution in [3.05, 3.63) is 74.3 Å². The van der Waals surface area contributed by atoms with Crippen LogP contribution in [0.1, 0.15) is 61.0 Å². The van der Waals surface area contributed by atoms with Gasteiger partial charge in [0, 0.05) is 28.7 Å². The van der Waals surface area contributed by atoms with Gasteiger partial charge >= 0.3 is 5.97 Å². The average molecular weight is 568 g/mol. The first-order valence-corrected chi connectivity index (χ1v) is 12.2. The third-order valence-electron chi connectivity index (χ3n) is 5.38. The van der Waals surface area contributed by atoms with Crippen LogP contribution in [0.2, 0.25) is 5.15 Å². The molecule has 35 heavy (non-hydrogen) atoms. The van der Waals surface area contributed by atoms with Crippen molar-refractivity contribution in [1.29, 1.82) is 0 Å². The Kier molecular flexibility index (Phi) is 8.49. The fourth-order valence-electron chi connectivity index (χ4n) is 3.78. The summed E-state index contributed by atoms with van der Waals surface area (Å²) in [6.07, 6.45) is 0.127. The molecule has 5 nitrogen and oxygen atoms in total. The molecular formula is C26H26BrClF2N2O3. The molecule has 0 aliphatic rings. The van der Waals surface area contributed by atoms with Crippen LogP contribution in [-0.4, -0.2) is 29.0 Å². The summed E-state index contributed by atoms with van der Waals surface area (Å²) < 4.78 is 34.6. The number of ether oxygens (including phenoxy) is 1. The lowest BCUT2D eigenvalue weighted by Crippen LogP contribution is -2.30. The van der Waals surface area contributed by atoms with Crippen molar-refractivity contribution in [2.75, 3.05) is 6.54 Å². The molecule has 0 fully saturated rings. The fourth-order valence-corrected chi connectivity index (χ4v) is 4.32. The van der Waals surface area contributed by atoms with E-state index in [1.54, 1.807) is 45.9 Å². The monoisotopic (exact) mass is 566 g/mol. The SMILES string of the molecule is Cc1c(Cl)nc2ccc(Br)cc2c1C(=O)NCC(CCC(=O)OC(C)(C)C)c1cc(F)ccc1F. The van der Waals surface area contributed by atoms with Crippen molar-refractivity contribution in [1.82, 2.24) is 10.3 Å². The lowest BCUT2D eigenvalue weighted by molar-refractivity contribution is -0.155. The summed E-state index contributed by atoms with van der Waals surface area (Å²) in [5, 5.41) is 3.61. The summed E-state index contributed by atoms with van der Waals surface area (Å²) in [7, 11) is 0. The molecule has 1 heterocycles. The number of carbonyl (C=O) groups is 2. The highest BCUT2D eigenvalue weighted by Crippen LogP contribution is 2.29. The Balaban J connectivity index is 1.88. The molecule has 1 N–H and O–H groups in total. The van der Waals surface area contributed by atoms with Crippen LogP contribution in [0.25, 0.3) is 10.9 Å². The van der Waals surface area contributed by atoms with E-state index < -0.39 is 35.0 Å². The Morgan fingerprint density at radius 2 is 1.89 bits per heavy atom. The number of carbonyl (C=O) groups excluding carboxylic acids is 2. The number of nitrogens with zero attached hydrogens (tertiary/aromatic N) is 1. The van der Waals surface area contributed by atoms with Gasteiger partial charge in [0.2, 0.25) is 0 Å². The minimum Gasteiger partial charge on any atom is -0.460 e. The molecule has 0 saturated heterocycles. The van der Waals surface area contributed by atoms with Crippen molar-refractivity contribution < 1.29 is 23.1 Å². The maximum absolute atomic E-state index is 14.6. The number of rotatable bonds is 7. The number of aromatic nitrogens is 1. The summed E-state index contributed by atoms with van der Waals surface area (Å²) in [6.45, 7) is 6.91. The fraction of sp³-hybridized carbons (Fsp3) is 0.346. The van der Waals surface area contributed by atoms with E-state index in [1.165, 1.54) is 0 Å². The van der Waals surface area contributed by atoms with Crippen molar-refractivity contribution in [3.63, 3.8) is 0 Å². The van der Waals surface area contributed by atoms with Crippen LogP contribution >= 0.6 is 27.5 Å². The Hall–Kier alpha value is -2.58. The van der Waals surface area contributed by atoms with E-state index in [0.717, 1.165) is 22.7 Å². The maximum atomic E-state index is 14.6. The van der Waals surface area contributed by atoms with Crippen LogP contribution in [0, 0.1) is 18.6 Å². The van der Waals surface area contributed by atoms with Gasteiger partial charge in [-0.25, -0.2) is 13.8 Å². The van der Waals surface area contributed by atoms with E-state index in [1.807, 2.05) is 0 Å². The second-order valence-corrected chi connectivity index (χ2v) is 10.5. The molecule has 186 valence electrons. The van der Waals surface area contributed by atoms with E-state index >= 15 is 0 Å². The second kappa shape index (κ2) is 11.0.